The molecule has 5 rings (SSSR count). The van der Waals surface area contributed by atoms with Crippen LogP contribution in [0.4, 0.5) is 10.1 Å². The number of carboxylic acid groups (broad SMARTS) is 1. The van der Waals surface area contributed by atoms with Crippen molar-refractivity contribution in [3.8, 4) is 5.75 Å². The van der Waals surface area contributed by atoms with Crippen molar-refractivity contribution in [1.29, 1.82) is 0 Å². The highest BCUT2D eigenvalue weighted by Crippen LogP contribution is 2.43. The molecule has 166 valence electrons. The Kier molecular flexibility index (Phi) is 5.30. The molecule has 0 aliphatic carbocycles. The Balaban J connectivity index is 1.65. The number of carbonyl (C=O) groups is 2. The van der Waals surface area contributed by atoms with Crippen LogP contribution in [0.1, 0.15) is 29.0 Å². The summed E-state index contributed by atoms with van der Waals surface area (Å²) in [7, 11) is 0. The third-order valence-electron chi connectivity index (χ3n) is 5.86. The van der Waals surface area contributed by atoms with E-state index in [1.807, 2.05) is 47.2 Å². The fraction of sp³-hybridized carbons (Fsp3) is 0.154. The first kappa shape index (κ1) is 20.8. The van der Waals surface area contributed by atoms with Gasteiger partial charge >= 0.3 is 5.97 Å². The highest BCUT2D eigenvalue weighted by atomic mass is 19.1. The zero-order valence-electron chi connectivity index (χ0n) is 17.6. The zero-order chi connectivity index (χ0) is 22.9. The normalized spacial score (nSPS) is 15.2. The quantitative estimate of drug-likeness (QED) is 0.449. The van der Waals surface area contributed by atoms with E-state index < -0.39 is 12.6 Å². The number of hydrogen-bond acceptors (Lipinski definition) is 3. The second kappa shape index (κ2) is 8.43. The molecule has 0 spiro atoms. The number of aliphatic carboxylic acids is 1. The minimum Gasteiger partial charge on any atom is -0.482 e. The number of ether oxygens (including phenoxy) is 1. The summed E-state index contributed by atoms with van der Waals surface area (Å²) in [6.07, 6.45) is 2.18. The summed E-state index contributed by atoms with van der Waals surface area (Å²) >= 11 is 0. The average Bonchev–Trinajstić information content (AvgIpc) is 3.08. The minimum atomic E-state index is -1.07. The molecular weight excluding hydrogens is 423 g/mol. The first-order chi connectivity index (χ1) is 16.0. The number of anilines is 1. The highest BCUT2D eigenvalue weighted by molar-refractivity contribution is 6.06. The van der Waals surface area contributed by atoms with Gasteiger partial charge in [0.25, 0.3) is 0 Å². The van der Waals surface area contributed by atoms with Crippen LogP contribution in [0.3, 0.4) is 0 Å². The van der Waals surface area contributed by atoms with E-state index in [0.29, 0.717) is 12.3 Å². The molecule has 7 heteroatoms. The van der Waals surface area contributed by atoms with Crippen molar-refractivity contribution in [2.75, 3.05) is 11.9 Å². The number of aromatic nitrogens is 1. The minimum absolute atomic E-state index is 0.131. The van der Waals surface area contributed by atoms with Crippen LogP contribution in [0, 0.1) is 5.82 Å². The maximum absolute atomic E-state index is 13.8. The Morgan fingerprint density at radius 1 is 1.09 bits per heavy atom. The van der Waals surface area contributed by atoms with Gasteiger partial charge in [-0.15, -0.1) is 0 Å². The summed E-state index contributed by atoms with van der Waals surface area (Å²) < 4.78 is 21.4. The summed E-state index contributed by atoms with van der Waals surface area (Å²) in [5.41, 5.74) is 4.14. The van der Waals surface area contributed by atoms with Crippen molar-refractivity contribution in [2.24, 2.45) is 0 Å². The number of carboxylic acids is 1. The topological polar surface area (TPSA) is 80.6 Å². The van der Waals surface area contributed by atoms with Crippen LogP contribution >= 0.6 is 0 Å². The highest BCUT2D eigenvalue weighted by Gasteiger charge is 2.29. The van der Waals surface area contributed by atoms with Crippen LogP contribution in [-0.4, -0.2) is 28.2 Å². The van der Waals surface area contributed by atoms with Crippen molar-refractivity contribution < 1.29 is 23.8 Å². The van der Waals surface area contributed by atoms with E-state index in [2.05, 4.69) is 5.32 Å². The number of carbonyl (C=O) groups excluding carboxylic acids is 1. The largest absolute Gasteiger partial charge is 0.482 e. The number of rotatable bonds is 6. The number of hydrogen-bond donors (Lipinski definition) is 2. The summed E-state index contributed by atoms with van der Waals surface area (Å²) in [5.74, 6) is -1.40. The summed E-state index contributed by atoms with van der Waals surface area (Å²) in [5, 5.41) is 13.0. The lowest BCUT2D eigenvalue weighted by Gasteiger charge is -2.18. The molecule has 2 N–H and O–H groups in total. The molecule has 6 nitrogen and oxygen atoms in total. The predicted molar refractivity (Wildman–Crippen MR) is 122 cm³/mol. The van der Waals surface area contributed by atoms with Gasteiger partial charge in [-0.1, -0.05) is 36.4 Å². The molecular formula is C26H21FN2O4. The second-order valence-corrected chi connectivity index (χ2v) is 8.07. The van der Waals surface area contributed by atoms with Crippen LogP contribution < -0.4 is 10.1 Å². The van der Waals surface area contributed by atoms with Gasteiger partial charge in [0.05, 0.1) is 11.2 Å². The van der Waals surface area contributed by atoms with Crippen molar-refractivity contribution in [1.82, 2.24) is 4.57 Å². The Hall–Kier alpha value is -4.13. The van der Waals surface area contributed by atoms with E-state index in [1.54, 1.807) is 18.2 Å². The van der Waals surface area contributed by atoms with Gasteiger partial charge in [-0.3, -0.25) is 4.79 Å². The number of para-hydroxylation sites is 1. The molecule has 1 aliphatic rings. The number of benzene rings is 3. The van der Waals surface area contributed by atoms with E-state index in [-0.39, 0.29) is 24.1 Å². The van der Waals surface area contributed by atoms with E-state index in [4.69, 9.17) is 9.84 Å². The molecule has 33 heavy (non-hydrogen) atoms. The summed E-state index contributed by atoms with van der Waals surface area (Å²) in [4.78, 5) is 23.8. The maximum atomic E-state index is 13.8. The Morgan fingerprint density at radius 3 is 2.73 bits per heavy atom. The lowest BCUT2D eigenvalue weighted by atomic mass is 9.88. The Bertz CT molecular complexity index is 1380. The van der Waals surface area contributed by atoms with Gasteiger partial charge in [0.1, 0.15) is 11.6 Å². The summed E-state index contributed by atoms with van der Waals surface area (Å²) in [6, 6.07) is 19.4. The average molecular weight is 444 g/mol. The van der Waals surface area contributed by atoms with Crippen molar-refractivity contribution in [3.05, 3.63) is 95.4 Å². The fourth-order valence-corrected chi connectivity index (χ4v) is 4.53. The van der Waals surface area contributed by atoms with Gasteiger partial charge in [-0.05, 0) is 41.5 Å². The fourth-order valence-electron chi connectivity index (χ4n) is 4.53. The monoisotopic (exact) mass is 444 g/mol. The van der Waals surface area contributed by atoms with Crippen molar-refractivity contribution >= 4 is 28.5 Å². The van der Waals surface area contributed by atoms with Gasteiger partial charge in [-0.25, -0.2) is 9.18 Å². The lowest BCUT2D eigenvalue weighted by Crippen LogP contribution is -2.15. The molecule has 0 saturated carbocycles. The SMILES string of the molecule is O=C(O)COc1ccccc1[C@@H]1CC(=O)Nc2cccc3c2c1cn3Cc1cccc(F)c1. The third kappa shape index (κ3) is 4.05. The van der Waals surface area contributed by atoms with Crippen LogP contribution in [0.15, 0.2) is 72.9 Å². The van der Waals surface area contributed by atoms with Gasteiger partial charge in [-0.2, -0.15) is 0 Å². The molecule has 1 aromatic heterocycles. The van der Waals surface area contributed by atoms with Gasteiger partial charge in [0, 0.05) is 36.0 Å². The van der Waals surface area contributed by atoms with E-state index in [1.165, 1.54) is 12.1 Å². The molecule has 0 unspecified atom stereocenters. The summed E-state index contributed by atoms with van der Waals surface area (Å²) in [6.45, 7) is -0.00193. The molecule has 0 saturated heterocycles. The number of nitrogens with one attached hydrogen (secondary N) is 1. The maximum Gasteiger partial charge on any atom is 0.341 e. The van der Waals surface area contributed by atoms with Crippen LogP contribution in [0.25, 0.3) is 10.9 Å². The lowest BCUT2D eigenvalue weighted by molar-refractivity contribution is -0.139. The van der Waals surface area contributed by atoms with E-state index in [9.17, 15) is 14.0 Å². The van der Waals surface area contributed by atoms with Crippen LogP contribution in [-0.2, 0) is 16.1 Å². The second-order valence-electron chi connectivity index (χ2n) is 8.07. The Morgan fingerprint density at radius 2 is 1.91 bits per heavy atom. The zero-order valence-corrected chi connectivity index (χ0v) is 17.6. The number of halogens is 1. The Labute approximate surface area is 189 Å². The number of nitrogens with zero attached hydrogens (tertiary/aromatic N) is 1. The molecule has 1 amide bonds. The molecule has 2 heterocycles. The number of amides is 1. The first-order valence-electron chi connectivity index (χ1n) is 10.6. The van der Waals surface area contributed by atoms with Crippen molar-refractivity contribution in [2.45, 2.75) is 18.9 Å². The van der Waals surface area contributed by atoms with Gasteiger partial charge in [0.2, 0.25) is 5.91 Å². The molecule has 1 atom stereocenters. The standard InChI is InChI=1S/C26H21FN2O4/c27-17-6-3-5-16(11-17)13-29-14-20-19(18-7-1-2-10-23(18)33-15-25(31)32)12-24(30)28-21-8-4-9-22(29)26(20)21/h1-11,14,19H,12-13,15H2,(H,28,30)(H,31,32)/t19-/m0/s1. The smallest absolute Gasteiger partial charge is 0.341 e. The van der Waals surface area contributed by atoms with Crippen LogP contribution in [0.2, 0.25) is 0 Å². The molecule has 0 bridgehead atoms. The molecule has 0 radical (unpaired) electrons. The van der Waals surface area contributed by atoms with Gasteiger partial charge < -0.3 is 19.7 Å². The van der Waals surface area contributed by atoms with Crippen LogP contribution in [0.5, 0.6) is 5.75 Å². The van der Waals surface area contributed by atoms with Crippen molar-refractivity contribution in [3.63, 3.8) is 0 Å². The van der Waals surface area contributed by atoms with E-state index >= 15 is 0 Å². The molecule has 4 aromatic rings. The first-order valence-corrected chi connectivity index (χ1v) is 10.6. The van der Waals surface area contributed by atoms with E-state index in [0.717, 1.165) is 33.3 Å². The van der Waals surface area contributed by atoms with Gasteiger partial charge in [0.15, 0.2) is 6.61 Å². The molecule has 3 aromatic carbocycles. The molecule has 1 aliphatic heterocycles. The third-order valence-corrected chi connectivity index (χ3v) is 5.86. The predicted octanol–water partition coefficient (Wildman–Crippen LogP) is 4.77. The molecule has 0 fully saturated rings.